The lowest BCUT2D eigenvalue weighted by Gasteiger charge is -2.15. The zero-order valence-electron chi connectivity index (χ0n) is 11.8. The predicted molar refractivity (Wildman–Crippen MR) is 83.4 cm³/mol. The summed E-state index contributed by atoms with van der Waals surface area (Å²) in [6.07, 6.45) is 4.12. The van der Waals surface area contributed by atoms with Gasteiger partial charge in [0, 0.05) is 5.39 Å². The molecule has 0 aliphatic heterocycles. The maximum absolute atomic E-state index is 12.1. The summed E-state index contributed by atoms with van der Waals surface area (Å²) < 4.78 is 17.5. The summed E-state index contributed by atoms with van der Waals surface area (Å²) in [5.74, 6) is 0.490. The van der Waals surface area contributed by atoms with Gasteiger partial charge in [-0.15, -0.1) is 0 Å². The molecule has 2 rings (SSSR count). The van der Waals surface area contributed by atoms with Crippen LogP contribution in [0.4, 0.5) is 0 Å². The summed E-state index contributed by atoms with van der Waals surface area (Å²) in [6.45, 7) is 2.12. The van der Waals surface area contributed by atoms with Crippen LogP contribution in [0.5, 0.6) is 5.75 Å². The summed E-state index contributed by atoms with van der Waals surface area (Å²) in [5, 5.41) is 1.88. The number of rotatable bonds is 7. The molecule has 0 amide bonds. The maximum Gasteiger partial charge on any atom is 0.376 e. The van der Waals surface area contributed by atoms with Gasteiger partial charge in [0.15, 0.2) is 0 Å². The molecule has 1 N–H and O–H groups in total. The van der Waals surface area contributed by atoms with Gasteiger partial charge in [0.1, 0.15) is 5.75 Å². The average Bonchev–Trinajstić information content (AvgIpc) is 2.44. The molecule has 3 nitrogen and oxygen atoms in total. The molecule has 4 heteroatoms. The van der Waals surface area contributed by atoms with Gasteiger partial charge in [-0.25, -0.2) is 4.57 Å². The molecule has 0 radical (unpaired) electrons. The van der Waals surface area contributed by atoms with Crippen molar-refractivity contribution >= 4 is 18.4 Å². The first kappa shape index (κ1) is 15.1. The molecule has 0 saturated heterocycles. The summed E-state index contributed by atoms with van der Waals surface area (Å²) in [5.41, 5.74) is 0. The van der Waals surface area contributed by atoms with Gasteiger partial charge in [-0.05, 0) is 17.9 Å². The van der Waals surface area contributed by atoms with Gasteiger partial charge in [0.2, 0.25) is 0 Å². The lowest BCUT2D eigenvalue weighted by atomic mass is 10.1. The molecular weight excluding hydrogens is 271 g/mol. The van der Waals surface area contributed by atoms with E-state index < -0.39 is 7.60 Å². The van der Waals surface area contributed by atoms with Gasteiger partial charge in [-0.3, -0.25) is 0 Å². The van der Waals surface area contributed by atoms with Gasteiger partial charge in [-0.1, -0.05) is 62.6 Å². The zero-order valence-corrected chi connectivity index (χ0v) is 12.7. The minimum Gasteiger partial charge on any atom is -0.424 e. The number of unbranched alkanes of at least 4 members (excludes halogenated alkanes) is 3. The van der Waals surface area contributed by atoms with E-state index in [1.807, 2.05) is 36.4 Å². The van der Waals surface area contributed by atoms with E-state index in [0.717, 1.165) is 36.5 Å². The highest BCUT2D eigenvalue weighted by Crippen LogP contribution is 2.45. The van der Waals surface area contributed by atoms with Crippen molar-refractivity contribution in [2.75, 3.05) is 6.16 Å². The van der Waals surface area contributed by atoms with Crippen LogP contribution in [0.25, 0.3) is 10.8 Å². The molecule has 0 bridgehead atoms. The van der Waals surface area contributed by atoms with Gasteiger partial charge in [-0.2, -0.15) is 0 Å². The first-order valence-electron chi connectivity index (χ1n) is 7.11. The van der Waals surface area contributed by atoms with Crippen LogP contribution in [-0.4, -0.2) is 11.1 Å². The average molecular weight is 292 g/mol. The fourth-order valence-corrected chi connectivity index (χ4v) is 3.39. The third-order valence-electron chi connectivity index (χ3n) is 3.28. The van der Waals surface area contributed by atoms with E-state index in [2.05, 4.69) is 6.92 Å². The Morgan fingerprint density at radius 1 is 1.05 bits per heavy atom. The Bertz CT molecular complexity index is 604. The normalized spacial score (nSPS) is 14.1. The monoisotopic (exact) mass is 292 g/mol. The molecule has 0 aromatic heterocycles. The highest BCUT2D eigenvalue weighted by molar-refractivity contribution is 7.53. The smallest absolute Gasteiger partial charge is 0.376 e. The second-order valence-electron chi connectivity index (χ2n) is 4.99. The van der Waals surface area contributed by atoms with Crippen molar-refractivity contribution in [3.8, 4) is 5.75 Å². The molecule has 2 aromatic rings. The highest BCUT2D eigenvalue weighted by Gasteiger charge is 2.21. The molecule has 20 heavy (non-hydrogen) atoms. The molecular formula is C16H21O3P. The van der Waals surface area contributed by atoms with E-state index in [1.54, 1.807) is 6.07 Å². The number of hydrogen-bond donors (Lipinski definition) is 1. The molecule has 1 atom stereocenters. The highest BCUT2D eigenvalue weighted by atomic mass is 31.2. The molecule has 0 spiro atoms. The standard InChI is InChI=1S/C16H21O3P/c1-2-3-4-7-13-20(17,18)19-16-12-8-10-14-9-5-6-11-15(14)16/h5-6,8-12H,2-4,7,13H2,1H3,(H,17,18). The predicted octanol–water partition coefficient (Wildman–Crippen LogP) is 4.98. The lowest BCUT2D eigenvalue weighted by molar-refractivity contribution is 0.379. The van der Waals surface area contributed by atoms with Crippen molar-refractivity contribution in [2.24, 2.45) is 0 Å². The number of benzene rings is 2. The van der Waals surface area contributed by atoms with Crippen molar-refractivity contribution in [3.05, 3.63) is 42.5 Å². The fourth-order valence-electron chi connectivity index (χ4n) is 2.21. The van der Waals surface area contributed by atoms with Crippen LogP contribution in [0.15, 0.2) is 42.5 Å². The molecule has 0 fully saturated rings. The lowest BCUT2D eigenvalue weighted by Crippen LogP contribution is -1.98. The Hall–Kier alpha value is -1.31. The topological polar surface area (TPSA) is 46.5 Å². The summed E-state index contributed by atoms with van der Waals surface area (Å²) in [6, 6.07) is 13.3. The molecule has 0 heterocycles. The van der Waals surface area contributed by atoms with E-state index in [-0.39, 0.29) is 6.16 Å². The Labute approximate surface area is 120 Å². The van der Waals surface area contributed by atoms with Gasteiger partial charge in [0.05, 0.1) is 6.16 Å². The molecule has 0 aliphatic rings. The van der Waals surface area contributed by atoms with Crippen molar-refractivity contribution in [1.29, 1.82) is 0 Å². The van der Waals surface area contributed by atoms with Crippen molar-refractivity contribution in [2.45, 2.75) is 32.6 Å². The first-order chi connectivity index (χ1) is 9.62. The maximum atomic E-state index is 12.1. The van der Waals surface area contributed by atoms with Crippen LogP contribution < -0.4 is 4.52 Å². The Morgan fingerprint density at radius 2 is 1.80 bits per heavy atom. The Morgan fingerprint density at radius 3 is 2.60 bits per heavy atom. The summed E-state index contributed by atoms with van der Waals surface area (Å²) in [7, 11) is -3.56. The van der Waals surface area contributed by atoms with Crippen LogP contribution in [0, 0.1) is 0 Å². The Kier molecular flexibility index (Phi) is 5.22. The Balaban J connectivity index is 2.09. The minimum absolute atomic E-state index is 0.218. The molecule has 2 aromatic carbocycles. The molecule has 0 aliphatic carbocycles. The zero-order chi connectivity index (χ0) is 14.4. The number of fused-ring (bicyclic) bond motifs is 1. The largest absolute Gasteiger partial charge is 0.424 e. The first-order valence-corrected chi connectivity index (χ1v) is 8.88. The van der Waals surface area contributed by atoms with Gasteiger partial charge in [0.25, 0.3) is 0 Å². The molecule has 1 unspecified atom stereocenters. The minimum atomic E-state index is -3.56. The van der Waals surface area contributed by atoms with Crippen LogP contribution >= 0.6 is 7.60 Å². The van der Waals surface area contributed by atoms with Crippen molar-refractivity contribution in [1.82, 2.24) is 0 Å². The van der Waals surface area contributed by atoms with E-state index in [1.165, 1.54) is 0 Å². The van der Waals surface area contributed by atoms with Crippen molar-refractivity contribution in [3.63, 3.8) is 0 Å². The van der Waals surface area contributed by atoms with E-state index >= 15 is 0 Å². The molecule has 0 saturated carbocycles. The van der Waals surface area contributed by atoms with Crippen LogP contribution in [0.2, 0.25) is 0 Å². The SMILES string of the molecule is CCCCCCP(=O)(O)Oc1cccc2ccccc12. The summed E-state index contributed by atoms with van der Waals surface area (Å²) in [4.78, 5) is 9.96. The second-order valence-corrected chi connectivity index (χ2v) is 6.89. The third-order valence-corrected chi connectivity index (χ3v) is 4.65. The quantitative estimate of drug-likeness (QED) is 0.578. The third kappa shape index (κ3) is 4.09. The van der Waals surface area contributed by atoms with E-state index in [9.17, 15) is 9.46 Å². The van der Waals surface area contributed by atoms with Gasteiger partial charge >= 0.3 is 7.60 Å². The second kappa shape index (κ2) is 6.92. The van der Waals surface area contributed by atoms with Crippen molar-refractivity contribution < 1.29 is 14.0 Å². The summed E-state index contributed by atoms with van der Waals surface area (Å²) >= 11 is 0. The van der Waals surface area contributed by atoms with Crippen LogP contribution in [0.1, 0.15) is 32.6 Å². The van der Waals surface area contributed by atoms with E-state index in [0.29, 0.717) is 5.75 Å². The van der Waals surface area contributed by atoms with Crippen LogP contribution in [-0.2, 0) is 4.57 Å². The van der Waals surface area contributed by atoms with Crippen LogP contribution in [0.3, 0.4) is 0 Å². The van der Waals surface area contributed by atoms with Gasteiger partial charge < -0.3 is 9.42 Å². The van der Waals surface area contributed by atoms with E-state index in [4.69, 9.17) is 4.52 Å². The number of hydrogen-bond acceptors (Lipinski definition) is 2. The fraction of sp³-hybridized carbons (Fsp3) is 0.375. The molecule has 108 valence electrons.